The van der Waals surface area contributed by atoms with E-state index in [9.17, 15) is 4.39 Å². The van der Waals surface area contributed by atoms with Gasteiger partial charge in [-0.05, 0) is 46.3 Å². The second-order valence-corrected chi connectivity index (χ2v) is 5.83. The van der Waals surface area contributed by atoms with Crippen molar-refractivity contribution in [3.63, 3.8) is 0 Å². The van der Waals surface area contributed by atoms with Crippen molar-refractivity contribution < 1.29 is 4.39 Å². The number of halogens is 2. The van der Waals surface area contributed by atoms with Crippen molar-refractivity contribution in [2.75, 3.05) is 24.7 Å². The molecule has 0 amide bonds. The highest BCUT2D eigenvalue weighted by molar-refractivity contribution is 9.10. The largest absolute Gasteiger partial charge is 0.383 e. The fourth-order valence-corrected chi connectivity index (χ4v) is 2.73. The SMILES string of the molecule is CN(C)c1ccc2nc(-c3ccc(F)cc3Br)c(N)n2c1. The first-order chi connectivity index (χ1) is 9.97. The Balaban J connectivity index is 2.22. The quantitative estimate of drug-likeness (QED) is 0.770. The van der Waals surface area contributed by atoms with E-state index in [2.05, 4.69) is 20.9 Å². The Kier molecular flexibility index (Phi) is 3.33. The van der Waals surface area contributed by atoms with Crippen LogP contribution in [0.25, 0.3) is 16.9 Å². The van der Waals surface area contributed by atoms with Crippen LogP contribution in [0.15, 0.2) is 41.0 Å². The molecular weight excluding hydrogens is 335 g/mol. The van der Waals surface area contributed by atoms with Gasteiger partial charge in [-0.15, -0.1) is 0 Å². The third-order valence-corrected chi connectivity index (χ3v) is 4.00. The van der Waals surface area contributed by atoms with Crippen molar-refractivity contribution in [3.05, 3.63) is 46.8 Å². The lowest BCUT2D eigenvalue weighted by Gasteiger charge is -2.12. The van der Waals surface area contributed by atoms with Crippen LogP contribution in [0.1, 0.15) is 0 Å². The Morgan fingerprint density at radius 1 is 1.24 bits per heavy atom. The van der Waals surface area contributed by atoms with Gasteiger partial charge in [0.1, 0.15) is 23.0 Å². The van der Waals surface area contributed by atoms with Crippen molar-refractivity contribution in [3.8, 4) is 11.3 Å². The molecule has 1 aromatic carbocycles. The fraction of sp³-hybridized carbons (Fsp3) is 0.133. The maximum absolute atomic E-state index is 13.2. The van der Waals surface area contributed by atoms with Crippen LogP contribution in [-0.2, 0) is 0 Å². The first-order valence-corrected chi connectivity index (χ1v) is 7.17. The van der Waals surface area contributed by atoms with E-state index < -0.39 is 0 Å². The van der Waals surface area contributed by atoms with E-state index in [0.29, 0.717) is 16.0 Å². The number of pyridine rings is 1. The second kappa shape index (κ2) is 5.04. The summed E-state index contributed by atoms with van der Waals surface area (Å²) in [6.45, 7) is 0. The van der Waals surface area contributed by atoms with Gasteiger partial charge in [0.2, 0.25) is 0 Å². The predicted octanol–water partition coefficient (Wildman–Crippen LogP) is 3.55. The normalized spacial score (nSPS) is 11.0. The van der Waals surface area contributed by atoms with Gasteiger partial charge in [0.05, 0.1) is 5.69 Å². The molecule has 6 heteroatoms. The topological polar surface area (TPSA) is 46.6 Å². The average Bonchev–Trinajstić information content (AvgIpc) is 2.75. The Morgan fingerprint density at radius 3 is 2.67 bits per heavy atom. The zero-order valence-corrected chi connectivity index (χ0v) is 13.2. The number of fused-ring (bicyclic) bond motifs is 1. The van der Waals surface area contributed by atoms with Crippen molar-refractivity contribution in [1.29, 1.82) is 0 Å². The molecule has 0 bridgehead atoms. The maximum Gasteiger partial charge on any atom is 0.139 e. The van der Waals surface area contributed by atoms with E-state index in [1.807, 2.05) is 41.7 Å². The third-order valence-electron chi connectivity index (χ3n) is 3.34. The molecule has 108 valence electrons. The van der Waals surface area contributed by atoms with Gasteiger partial charge in [-0.1, -0.05) is 0 Å². The lowest BCUT2D eigenvalue weighted by Crippen LogP contribution is -2.09. The Labute approximate surface area is 130 Å². The van der Waals surface area contributed by atoms with Crippen molar-refractivity contribution in [1.82, 2.24) is 9.38 Å². The van der Waals surface area contributed by atoms with E-state index in [4.69, 9.17) is 5.73 Å². The molecule has 0 atom stereocenters. The third kappa shape index (κ3) is 2.35. The maximum atomic E-state index is 13.2. The number of aromatic nitrogens is 2. The van der Waals surface area contributed by atoms with E-state index in [1.54, 1.807) is 6.07 Å². The van der Waals surface area contributed by atoms with Gasteiger partial charge in [0, 0.05) is 30.3 Å². The highest BCUT2D eigenvalue weighted by Gasteiger charge is 2.15. The van der Waals surface area contributed by atoms with Gasteiger partial charge >= 0.3 is 0 Å². The standard InChI is InChI=1S/C15H14BrFN4/c1-20(2)10-4-6-13-19-14(15(18)21(13)8-10)11-5-3-9(17)7-12(11)16/h3-8H,18H2,1-2H3. The molecule has 21 heavy (non-hydrogen) atoms. The summed E-state index contributed by atoms with van der Waals surface area (Å²) in [5.41, 5.74) is 9.40. The molecule has 3 aromatic rings. The summed E-state index contributed by atoms with van der Waals surface area (Å²) in [5.74, 6) is 0.226. The summed E-state index contributed by atoms with van der Waals surface area (Å²) in [4.78, 5) is 6.53. The molecule has 4 nitrogen and oxygen atoms in total. The minimum absolute atomic E-state index is 0.303. The van der Waals surface area contributed by atoms with E-state index in [-0.39, 0.29) is 5.82 Å². The highest BCUT2D eigenvalue weighted by atomic mass is 79.9. The highest BCUT2D eigenvalue weighted by Crippen LogP contribution is 2.33. The molecule has 0 radical (unpaired) electrons. The van der Waals surface area contributed by atoms with Gasteiger partial charge in [-0.25, -0.2) is 9.37 Å². The van der Waals surface area contributed by atoms with Crippen LogP contribution in [0.2, 0.25) is 0 Å². The van der Waals surface area contributed by atoms with Gasteiger partial charge in [0.25, 0.3) is 0 Å². The van der Waals surface area contributed by atoms with Crippen LogP contribution in [0.3, 0.4) is 0 Å². The number of nitrogens with zero attached hydrogens (tertiary/aromatic N) is 3. The minimum Gasteiger partial charge on any atom is -0.383 e. The smallest absolute Gasteiger partial charge is 0.139 e. The summed E-state index contributed by atoms with van der Waals surface area (Å²) in [5, 5.41) is 0. The summed E-state index contributed by atoms with van der Waals surface area (Å²) >= 11 is 3.36. The molecule has 0 aliphatic heterocycles. The summed E-state index contributed by atoms with van der Waals surface area (Å²) in [6.07, 6.45) is 1.93. The van der Waals surface area contributed by atoms with Gasteiger partial charge in [-0.3, -0.25) is 4.40 Å². The molecule has 2 heterocycles. The Hall–Kier alpha value is -2.08. The predicted molar refractivity (Wildman–Crippen MR) is 87.0 cm³/mol. The van der Waals surface area contributed by atoms with Crippen molar-refractivity contribution >= 4 is 33.1 Å². The number of nitrogen functional groups attached to an aromatic ring is 1. The van der Waals surface area contributed by atoms with Crippen LogP contribution < -0.4 is 10.6 Å². The Morgan fingerprint density at radius 2 is 2.00 bits per heavy atom. The number of imidazole rings is 1. The van der Waals surface area contributed by atoms with E-state index in [0.717, 1.165) is 16.9 Å². The fourth-order valence-electron chi connectivity index (χ4n) is 2.20. The number of anilines is 2. The van der Waals surface area contributed by atoms with Crippen LogP contribution in [0.5, 0.6) is 0 Å². The number of nitrogens with two attached hydrogens (primary N) is 1. The zero-order valence-electron chi connectivity index (χ0n) is 11.6. The van der Waals surface area contributed by atoms with Crippen LogP contribution in [0, 0.1) is 5.82 Å². The zero-order chi connectivity index (χ0) is 15.1. The molecule has 2 aromatic heterocycles. The molecule has 0 aliphatic rings. The molecule has 0 fully saturated rings. The summed E-state index contributed by atoms with van der Waals surface area (Å²) < 4.78 is 15.7. The van der Waals surface area contributed by atoms with Crippen molar-refractivity contribution in [2.24, 2.45) is 0 Å². The summed E-state index contributed by atoms with van der Waals surface area (Å²) in [7, 11) is 3.93. The van der Waals surface area contributed by atoms with E-state index >= 15 is 0 Å². The number of benzene rings is 1. The molecule has 3 rings (SSSR count). The van der Waals surface area contributed by atoms with Crippen LogP contribution in [-0.4, -0.2) is 23.5 Å². The summed E-state index contributed by atoms with van der Waals surface area (Å²) in [6, 6.07) is 8.36. The first kappa shape index (κ1) is 13.9. The monoisotopic (exact) mass is 348 g/mol. The number of rotatable bonds is 2. The molecule has 0 saturated heterocycles. The molecular formula is C15H14BrFN4. The van der Waals surface area contributed by atoms with Crippen LogP contribution >= 0.6 is 15.9 Å². The van der Waals surface area contributed by atoms with Gasteiger partial charge < -0.3 is 10.6 Å². The lowest BCUT2D eigenvalue weighted by molar-refractivity contribution is 0.627. The Bertz CT molecular complexity index is 826. The minimum atomic E-state index is -0.303. The molecule has 2 N–H and O–H groups in total. The first-order valence-electron chi connectivity index (χ1n) is 6.37. The average molecular weight is 349 g/mol. The number of hydrogen-bond donors (Lipinski definition) is 1. The van der Waals surface area contributed by atoms with E-state index in [1.165, 1.54) is 12.1 Å². The lowest BCUT2D eigenvalue weighted by atomic mass is 10.1. The van der Waals surface area contributed by atoms with Gasteiger partial charge in [0.15, 0.2) is 0 Å². The molecule has 0 saturated carbocycles. The molecule has 0 spiro atoms. The molecule has 0 unspecified atom stereocenters. The number of hydrogen-bond acceptors (Lipinski definition) is 3. The second-order valence-electron chi connectivity index (χ2n) is 4.98. The van der Waals surface area contributed by atoms with Crippen molar-refractivity contribution in [2.45, 2.75) is 0 Å². The van der Waals surface area contributed by atoms with Gasteiger partial charge in [-0.2, -0.15) is 0 Å². The van der Waals surface area contributed by atoms with Crippen LogP contribution in [0.4, 0.5) is 15.9 Å². The molecule has 0 aliphatic carbocycles.